The first-order valence-electron chi connectivity index (χ1n) is 9.31. The van der Waals surface area contributed by atoms with Gasteiger partial charge < -0.3 is 20.1 Å². The average molecular weight is 347 g/mol. The van der Waals surface area contributed by atoms with E-state index in [0.29, 0.717) is 0 Å². The van der Waals surface area contributed by atoms with E-state index in [2.05, 4.69) is 27.7 Å². The van der Waals surface area contributed by atoms with Crippen LogP contribution in [0.25, 0.3) is 0 Å². The number of morpholine rings is 1. The Morgan fingerprint density at radius 3 is 2.64 bits per heavy atom. The topological polar surface area (TPSA) is 62.8 Å². The number of carbonyl (C=O) groups is 1. The molecule has 138 valence electrons. The number of amides is 2. The van der Waals surface area contributed by atoms with E-state index in [0.717, 1.165) is 70.9 Å². The van der Waals surface area contributed by atoms with Crippen molar-refractivity contribution >= 4 is 6.03 Å². The average Bonchev–Trinajstić information content (AvgIpc) is 2.91. The number of hydrogen-bond acceptors (Lipinski definition) is 4. The van der Waals surface area contributed by atoms with E-state index in [-0.39, 0.29) is 18.1 Å². The van der Waals surface area contributed by atoms with E-state index in [1.807, 2.05) is 18.2 Å². The van der Waals surface area contributed by atoms with E-state index < -0.39 is 0 Å². The van der Waals surface area contributed by atoms with E-state index in [4.69, 9.17) is 9.47 Å². The van der Waals surface area contributed by atoms with Crippen molar-refractivity contribution < 1.29 is 14.3 Å². The second kappa shape index (κ2) is 9.75. The Balaban J connectivity index is 1.59. The molecule has 0 saturated carbocycles. The molecule has 2 saturated heterocycles. The van der Waals surface area contributed by atoms with Crippen LogP contribution < -0.4 is 10.6 Å². The first-order chi connectivity index (χ1) is 12.3. The molecule has 6 nitrogen and oxygen atoms in total. The van der Waals surface area contributed by atoms with Crippen LogP contribution in [0.5, 0.6) is 0 Å². The fourth-order valence-corrected chi connectivity index (χ4v) is 3.40. The Kier molecular flexibility index (Phi) is 7.09. The Morgan fingerprint density at radius 2 is 1.84 bits per heavy atom. The minimum absolute atomic E-state index is 0.0265. The highest BCUT2D eigenvalue weighted by atomic mass is 16.5. The number of nitrogens with zero attached hydrogens (tertiary/aromatic N) is 1. The Bertz CT molecular complexity index is 512. The monoisotopic (exact) mass is 347 g/mol. The molecule has 2 fully saturated rings. The van der Waals surface area contributed by atoms with Crippen LogP contribution in [0.4, 0.5) is 4.79 Å². The van der Waals surface area contributed by atoms with Gasteiger partial charge in [0, 0.05) is 38.9 Å². The summed E-state index contributed by atoms with van der Waals surface area (Å²) in [5.74, 6) is 0. The maximum absolute atomic E-state index is 12.5. The lowest BCUT2D eigenvalue weighted by atomic mass is 10.1. The number of urea groups is 1. The van der Waals surface area contributed by atoms with Crippen LogP contribution in [-0.2, 0) is 9.47 Å². The third-order valence-corrected chi connectivity index (χ3v) is 4.84. The summed E-state index contributed by atoms with van der Waals surface area (Å²) in [4.78, 5) is 14.9. The van der Waals surface area contributed by atoms with Crippen molar-refractivity contribution in [2.75, 3.05) is 46.1 Å². The highest BCUT2D eigenvalue weighted by Crippen LogP contribution is 2.15. The lowest BCUT2D eigenvalue weighted by molar-refractivity contribution is 0.0339. The zero-order chi connectivity index (χ0) is 17.3. The lowest BCUT2D eigenvalue weighted by Gasteiger charge is -2.31. The molecule has 2 N–H and O–H groups in total. The largest absolute Gasteiger partial charge is 0.381 e. The number of ether oxygens (including phenoxy) is 2. The quantitative estimate of drug-likeness (QED) is 0.854. The summed E-state index contributed by atoms with van der Waals surface area (Å²) in [6.07, 6.45) is 2.86. The summed E-state index contributed by atoms with van der Waals surface area (Å²) >= 11 is 0. The maximum Gasteiger partial charge on any atom is 0.315 e. The third-order valence-electron chi connectivity index (χ3n) is 4.84. The van der Waals surface area contributed by atoms with Crippen LogP contribution in [0.1, 0.15) is 30.9 Å². The summed E-state index contributed by atoms with van der Waals surface area (Å²) in [6, 6.07) is 10.3. The van der Waals surface area contributed by atoms with Crippen LogP contribution in [-0.4, -0.2) is 63.0 Å². The fraction of sp³-hybridized carbons (Fsp3) is 0.632. The molecule has 0 aliphatic carbocycles. The van der Waals surface area contributed by atoms with Gasteiger partial charge in [0.1, 0.15) is 0 Å². The van der Waals surface area contributed by atoms with Gasteiger partial charge in [0.2, 0.25) is 0 Å². The Morgan fingerprint density at radius 1 is 1.08 bits per heavy atom. The van der Waals surface area contributed by atoms with E-state index in [1.165, 1.54) is 0 Å². The number of nitrogens with one attached hydrogen (secondary N) is 2. The van der Waals surface area contributed by atoms with Crippen molar-refractivity contribution in [1.82, 2.24) is 15.5 Å². The maximum atomic E-state index is 12.5. The number of benzene rings is 1. The van der Waals surface area contributed by atoms with Gasteiger partial charge in [0.15, 0.2) is 0 Å². The van der Waals surface area contributed by atoms with Gasteiger partial charge in [-0.1, -0.05) is 30.3 Å². The second-order valence-electron chi connectivity index (χ2n) is 6.73. The first-order valence-corrected chi connectivity index (χ1v) is 9.31. The molecule has 3 rings (SSSR count). The minimum Gasteiger partial charge on any atom is -0.381 e. The van der Waals surface area contributed by atoms with Crippen LogP contribution in [0.2, 0.25) is 0 Å². The van der Waals surface area contributed by atoms with Crippen molar-refractivity contribution in [3.8, 4) is 0 Å². The summed E-state index contributed by atoms with van der Waals surface area (Å²) in [5.41, 5.74) is 1.13. The molecular weight excluding hydrogens is 318 g/mol. The molecule has 1 aromatic rings. The summed E-state index contributed by atoms with van der Waals surface area (Å²) in [5, 5.41) is 6.30. The molecule has 0 radical (unpaired) electrons. The van der Waals surface area contributed by atoms with E-state index in [1.54, 1.807) is 0 Å². The van der Waals surface area contributed by atoms with Crippen molar-refractivity contribution in [2.45, 2.75) is 31.3 Å². The van der Waals surface area contributed by atoms with Crippen LogP contribution in [0.15, 0.2) is 30.3 Å². The lowest BCUT2D eigenvalue weighted by Crippen LogP contribution is -2.47. The summed E-state index contributed by atoms with van der Waals surface area (Å²) in [6.45, 7) is 5.66. The molecule has 2 amide bonds. The fourth-order valence-electron chi connectivity index (χ4n) is 3.40. The van der Waals surface area contributed by atoms with Crippen molar-refractivity contribution in [1.29, 1.82) is 0 Å². The molecule has 6 heteroatoms. The predicted octanol–water partition coefficient (Wildman–Crippen LogP) is 1.93. The zero-order valence-corrected chi connectivity index (χ0v) is 14.8. The highest BCUT2D eigenvalue weighted by Gasteiger charge is 2.21. The van der Waals surface area contributed by atoms with Gasteiger partial charge in [-0.05, 0) is 24.8 Å². The molecule has 2 aliphatic rings. The number of hydrogen-bond donors (Lipinski definition) is 2. The van der Waals surface area contributed by atoms with Crippen LogP contribution in [0.3, 0.4) is 0 Å². The van der Waals surface area contributed by atoms with Gasteiger partial charge in [0.25, 0.3) is 0 Å². The van der Waals surface area contributed by atoms with Gasteiger partial charge in [-0.2, -0.15) is 0 Å². The van der Waals surface area contributed by atoms with Crippen molar-refractivity contribution in [3.63, 3.8) is 0 Å². The summed E-state index contributed by atoms with van der Waals surface area (Å²) < 4.78 is 10.9. The molecule has 2 heterocycles. The standard InChI is InChI=1S/C19H29N3O3/c23-19(20-17-7-4-11-24-12-8-17)21-18(16-5-2-1-3-6-16)15-22-9-13-25-14-10-22/h1-3,5-6,17-18H,4,7-15H2,(H2,20,21,23). The third kappa shape index (κ3) is 5.99. The SMILES string of the molecule is O=C(NC1CCCOCC1)NC(CN1CCOCC1)c1ccccc1. The van der Waals surface area contributed by atoms with Crippen LogP contribution in [0, 0.1) is 0 Å². The van der Waals surface area contributed by atoms with E-state index in [9.17, 15) is 4.79 Å². The summed E-state index contributed by atoms with van der Waals surface area (Å²) in [7, 11) is 0. The Hall–Kier alpha value is -1.63. The highest BCUT2D eigenvalue weighted by molar-refractivity contribution is 5.74. The van der Waals surface area contributed by atoms with Gasteiger partial charge in [-0.15, -0.1) is 0 Å². The number of rotatable bonds is 5. The van der Waals surface area contributed by atoms with Gasteiger partial charge >= 0.3 is 6.03 Å². The molecule has 0 aromatic heterocycles. The zero-order valence-electron chi connectivity index (χ0n) is 14.8. The molecule has 2 atom stereocenters. The normalized spacial score (nSPS) is 23.4. The smallest absolute Gasteiger partial charge is 0.315 e. The van der Waals surface area contributed by atoms with Gasteiger partial charge in [-0.25, -0.2) is 4.79 Å². The van der Waals surface area contributed by atoms with Crippen molar-refractivity contribution in [2.24, 2.45) is 0 Å². The molecule has 1 aromatic carbocycles. The molecule has 2 aliphatic heterocycles. The Labute approximate surface area is 149 Å². The molecule has 0 spiro atoms. The predicted molar refractivity (Wildman–Crippen MR) is 96.6 cm³/mol. The number of carbonyl (C=O) groups excluding carboxylic acids is 1. The minimum atomic E-state index is -0.0889. The van der Waals surface area contributed by atoms with Crippen LogP contribution >= 0.6 is 0 Å². The molecule has 2 unspecified atom stereocenters. The van der Waals surface area contributed by atoms with Gasteiger partial charge in [0.05, 0.1) is 19.3 Å². The van der Waals surface area contributed by atoms with E-state index >= 15 is 0 Å². The first kappa shape index (κ1) is 18.2. The molecule has 0 bridgehead atoms. The van der Waals surface area contributed by atoms with Crippen molar-refractivity contribution in [3.05, 3.63) is 35.9 Å². The molecule has 25 heavy (non-hydrogen) atoms. The van der Waals surface area contributed by atoms with Gasteiger partial charge in [-0.3, -0.25) is 4.90 Å². The molecular formula is C19H29N3O3. The second-order valence-corrected chi connectivity index (χ2v) is 6.73.